The topological polar surface area (TPSA) is 41.5 Å². The zero-order chi connectivity index (χ0) is 10.6. The Morgan fingerprint density at radius 2 is 2.36 bits per heavy atom. The molecule has 0 aromatic rings. The number of nitrogens with zero attached hydrogens (tertiary/aromatic N) is 1. The van der Waals surface area contributed by atoms with E-state index in [9.17, 15) is 4.79 Å². The Hall–Kier alpha value is -1.64. The van der Waals surface area contributed by atoms with Gasteiger partial charge in [0.25, 0.3) is 5.91 Å². The van der Waals surface area contributed by atoms with Gasteiger partial charge in [0, 0.05) is 18.7 Å². The summed E-state index contributed by atoms with van der Waals surface area (Å²) in [5, 5.41) is 2.53. The van der Waals surface area contributed by atoms with Crippen molar-refractivity contribution in [2.24, 2.45) is 10.4 Å². The minimum absolute atomic E-state index is 0.181. The molecule has 0 bridgehead atoms. The Morgan fingerprint density at radius 1 is 1.64 bits per heavy atom. The number of rotatable bonds is 2. The van der Waals surface area contributed by atoms with Crippen LogP contribution in [0.15, 0.2) is 42.1 Å². The number of nitrogens with one attached hydrogen (secondary N) is 1. The summed E-state index contributed by atoms with van der Waals surface area (Å²) in [6.07, 6.45) is 8.94. The van der Waals surface area contributed by atoms with E-state index in [-0.39, 0.29) is 11.3 Å². The molecule has 1 heterocycles. The highest BCUT2D eigenvalue weighted by molar-refractivity contribution is 6.43. The fourth-order valence-electron chi connectivity index (χ4n) is 1.03. The number of hydrogen-bond donors (Lipinski definition) is 1. The maximum atomic E-state index is 11.3. The molecule has 0 radical (unpaired) electrons. The number of carbonyl (C=O) groups is 1. The second kappa shape index (κ2) is 4.05. The van der Waals surface area contributed by atoms with Crippen LogP contribution in [0.25, 0.3) is 0 Å². The molecule has 3 nitrogen and oxygen atoms in total. The van der Waals surface area contributed by atoms with Crippen molar-refractivity contribution in [2.75, 3.05) is 7.05 Å². The first kappa shape index (κ1) is 10.4. The maximum Gasteiger partial charge on any atom is 0.269 e. The zero-order valence-corrected chi connectivity index (χ0v) is 8.45. The molecule has 0 saturated heterocycles. The minimum Gasteiger partial charge on any atom is -0.354 e. The van der Waals surface area contributed by atoms with Crippen LogP contribution in [-0.4, -0.2) is 18.7 Å². The average Bonchev–Trinajstić information content (AvgIpc) is 2.40. The third-order valence-corrected chi connectivity index (χ3v) is 2.15. The van der Waals surface area contributed by atoms with Gasteiger partial charge < -0.3 is 5.32 Å². The third kappa shape index (κ3) is 2.19. The van der Waals surface area contributed by atoms with Crippen molar-refractivity contribution in [1.82, 2.24) is 5.32 Å². The van der Waals surface area contributed by atoms with E-state index in [1.807, 2.05) is 25.2 Å². The molecular formula is C11H14N2O. The second-order valence-corrected chi connectivity index (χ2v) is 3.31. The molecule has 0 aliphatic carbocycles. The van der Waals surface area contributed by atoms with Crippen LogP contribution in [0.4, 0.5) is 0 Å². The highest BCUT2D eigenvalue weighted by Gasteiger charge is 2.15. The Balaban J connectivity index is 2.94. The van der Waals surface area contributed by atoms with Crippen LogP contribution < -0.4 is 5.32 Å². The van der Waals surface area contributed by atoms with Gasteiger partial charge in [-0.1, -0.05) is 18.2 Å². The van der Waals surface area contributed by atoms with Crippen molar-refractivity contribution < 1.29 is 4.79 Å². The third-order valence-electron chi connectivity index (χ3n) is 2.15. The van der Waals surface area contributed by atoms with Crippen molar-refractivity contribution >= 4 is 11.6 Å². The second-order valence-electron chi connectivity index (χ2n) is 3.31. The molecule has 1 N–H and O–H groups in total. The van der Waals surface area contributed by atoms with Crippen molar-refractivity contribution in [2.45, 2.75) is 6.92 Å². The van der Waals surface area contributed by atoms with Crippen molar-refractivity contribution in [1.29, 1.82) is 0 Å². The van der Waals surface area contributed by atoms with Gasteiger partial charge in [-0.05, 0) is 13.0 Å². The van der Waals surface area contributed by atoms with Gasteiger partial charge in [-0.15, -0.1) is 6.58 Å². The Bertz CT molecular complexity index is 339. The molecule has 1 atom stereocenters. The standard InChI is InChI=1S/C11H14N2O/c1-4-11(2)6-5-9(10(14)12-3)13-8-7-11/h4-8H,1H2,2-3H3,(H,12,14). The lowest BCUT2D eigenvalue weighted by Gasteiger charge is -2.13. The highest BCUT2D eigenvalue weighted by atomic mass is 16.1. The van der Waals surface area contributed by atoms with Crippen LogP contribution in [-0.2, 0) is 4.79 Å². The highest BCUT2D eigenvalue weighted by Crippen LogP contribution is 2.23. The zero-order valence-electron chi connectivity index (χ0n) is 8.45. The first-order valence-electron chi connectivity index (χ1n) is 4.42. The van der Waals surface area contributed by atoms with Gasteiger partial charge in [-0.3, -0.25) is 9.79 Å². The summed E-state index contributed by atoms with van der Waals surface area (Å²) in [5.41, 5.74) is 0.188. The first-order valence-corrected chi connectivity index (χ1v) is 4.42. The largest absolute Gasteiger partial charge is 0.354 e. The van der Waals surface area contributed by atoms with E-state index in [0.717, 1.165) is 0 Å². The Labute approximate surface area is 83.9 Å². The maximum absolute atomic E-state index is 11.3. The van der Waals surface area contributed by atoms with Crippen LogP contribution in [0.3, 0.4) is 0 Å². The lowest BCUT2D eigenvalue weighted by molar-refractivity contribution is -0.114. The van der Waals surface area contributed by atoms with Crippen LogP contribution in [0, 0.1) is 5.41 Å². The molecule has 0 spiro atoms. The molecule has 74 valence electrons. The molecule has 1 aliphatic heterocycles. The summed E-state index contributed by atoms with van der Waals surface area (Å²) in [4.78, 5) is 15.3. The number of aliphatic imine (C=N–C) groups is 1. The molecule has 3 heteroatoms. The van der Waals surface area contributed by atoms with E-state index in [1.165, 1.54) is 0 Å². The van der Waals surface area contributed by atoms with E-state index in [0.29, 0.717) is 5.71 Å². The molecule has 1 unspecified atom stereocenters. The number of allylic oxidation sites excluding steroid dienone is 3. The molecule has 0 fully saturated rings. The van der Waals surface area contributed by atoms with E-state index in [2.05, 4.69) is 16.9 Å². The molecule has 0 aromatic carbocycles. The molecule has 1 amide bonds. The minimum atomic E-state index is -0.223. The molecule has 0 aromatic heterocycles. The Morgan fingerprint density at radius 3 is 2.93 bits per heavy atom. The van der Waals surface area contributed by atoms with Crippen molar-refractivity contribution in [3.63, 3.8) is 0 Å². The van der Waals surface area contributed by atoms with E-state index in [1.54, 1.807) is 19.3 Å². The lowest BCUT2D eigenvalue weighted by Crippen LogP contribution is -2.25. The van der Waals surface area contributed by atoms with Crippen LogP contribution in [0.2, 0.25) is 0 Å². The summed E-state index contributed by atoms with van der Waals surface area (Å²) in [6.45, 7) is 5.73. The molecule has 0 saturated carbocycles. The summed E-state index contributed by atoms with van der Waals surface area (Å²) in [5.74, 6) is -0.181. The van der Waals surface area contributed by atoms with E-state index in [4.69, 9.17) is 0 Å². The SMILES string of the molecule is C=CC1(C)C=CN=C(C(=O)NC)C=C1. The fraction of sp³-hybridized carbons (Fsp3) is 0.273. The van der Waals surface area contributed by atoms with Gasteiger partial charge in [0.2, 0.25) is 0 Å². The van der Waals surface area contributed by atoms with Crippen molar-refractivity contribution in [3.05, 3.63) is 37.1 Å². The normalized spacial score (nSPS) is 25.1. The van der Waals surface area contributed by atoms with Gasteiger partial charge in [-0.2, -0.15) is 0 Å². The van der Waals surface area contributed by atoms with E-state index < -0.39 is 0 Å². The monoisotopic (exact) mass is 190 g/mol. The van der Waals surface area contributed by atoms with Crippen molar-refractivity contribution in [3.8, 4) is 0 Å². The number of carbonyl (C=O) groups excluding carboxylic acids is 1. The summed E-state index contributed by atoms with van der Waals surface area (Å²) in [7, 11) is 1.58. The summed E-state index contributed by atoms with van der Waals surface area (Å²) < 4.78 is 0. The van der Waals surface area contributed by atoms with Crippen LogP contribution in [0.1, 0.15) is 6.92 Å². The van der Waals surface area contributed by atoms with Gasteiger partial charge >= 0.3 is 0 Å². The number of hydrogen-bond acceptors (Lipinski definition) is 2. The van der Waals surface area contributed by atoms with Crippen LogP contribution >= 0.6 is 0 Å². The summed E-state index contributed by atoms with van der Waals surface area (Å²) >= 11 is 0. The fourth-order valence-corrected chi connectivity index (χ4v) is 1.03. The predicted octanol–water partition coefficient (Wildman–Crippen LogP) is 1.45. The van der Waals surface area contributed by atoms with Crippen LogP contribution in [0.5, 0.6) is 0 Å². The van der Waals surface area contributed by atoms with Gasteiger partial charge in [0.1, 0.15) is 5.71 Å². The molecule has 1 aliphatic rings. The predicted molar refractivity (Wildman–Crippen MR) is 58.1 cm³/mol. The molecule has 14 heavy (non-hydrogen) atoms. The van der Waals surface area contributed by atoms with Gasteiger partial charge in [-0.25, -0.2) is 0 Å². The Kier molecular flexibility index (Phi) is 3.02. The average molecular weight is 190 g/mol. The molecular weight excluding hydrogens is 176 g/mol. The molecule has 1 rings (SSSR count). The smallest absolute Gasteiger partial charge is 0.269 e. The summed E-state index contributed by atoms with van der Waals surface area (Å²) in [6, 6.07) is 0. The lowest BCUT2D eigenvalue weighted by atomic mass is 9.90. The van der Waals surface area contributed by atoms with Gasteiger partial charge in [0.15, 0.2) is 0 Å². The van der Waals surface area contributed by atoms with E-state index >= 15 is 0 Å². The van der Waals surface area contributed by atoms with Gasteiger partial charge in [0.05, 0.1) is 0 Å². The quantitative estimate of drug-likeness (QED) is 0.658. The first-order chi connectivity index (χ1) is 6.61. The number of amides is 1.